The largest absolute Gasteiger partial charge is 0.497 e. The van der Waals surface area contributed by atoms with Crippen LogP contribution in [0.3, 0.4) is 0 Å². The summed E-state index contributed by atoms with van der Waals surface area (Å²) in [5.74, 6) is 2.43. The van der Waals surface area contributed by atoms with Crippen LogP contribution in [0.5, 0.6) is 11.5 Å². The second-order valence-corrected chi connectivity index (χ2v) is 6.73. The molecule has 6 nitrogen and oxygen atoms in total. The third kappa shape index (κ3) is 6.84. The van der Waals surface area contributed by atoms with E-state index < -0.39 is 0 Å². The van der Waals surface area contributed by atoms with Gasteiger partial charge in [0.1, 0.15) is 11.5 Å². The molecular formula is C19H29IN4O2S. The van der Waals surface area contributed by atoms with E-state index in [-0.39, 0.29) is 24.0 Å². The highest BCUT2D eigenvalue weighted by Crippen LogP contribution is 2.25. The number of guanidine groups is 1. The van der Waals surface area contributed by atoms with E-state index >= 15 is 0 Å². The standard InChI is InChI=1S/C19H28N4O2S.HI/c1-6-18-22-15(13-26-18)11-21-19(20-7-2)23(3)12-14-8-9-16(24-4)10-17(14)25-5;/h8-10,13H,6-7,11-12H2,1-5H3,(H,20,21);1H. The van der Waals surface area contributed by atoms with Crippen molar-refractivity contribution in [1.82, 2.24) is 15.2 Å². The highest BCUT2D eigenvalue weighted by molar-refractivity contribution is 14.0. The minimum atomic E-state index is 0. The number of halogens is 1. The zero-order valence-electron chi connectivity index (χ0n) is 16.6. The lowest BCUT2D eigenvalue weighted by atomic mass is 10.2. The molecule has 0 atom stereocenters. The molecule has 0 saturated heterocycles. The monoisotopic (exact) mass is 504 g/mol. The fraction of sp³-hybridized carbons (Fsp3) is 0.474. The number of hydrogen-bond donors (Lipinski definition) is 1. The predicted molar refractivity (Wildman–Crippen MR) is 123 cm³/mol. The summed E-state index contributed by atoms with van der Waals surface area (Å²) < 4.78 is 10.8. The van der Waals surface area contributed by atoms with Crippen molar-refractivity contribution >= 4 is 41.3 Å². The van der Waals surface area contributed by atoms with Crippen molar-refractivity contribution in [3.05, 3.63) is 39.8 Å². The molecule has 0 bridgehead atoms. The van der Waals surface area contributed by atoms with Crippen LogP contribution >= 0.6 is 35.3 Å². The molecule has 1 aromatic carbocycles. The van der Waals surface area contributed by atoms with Gasteiger partial charge in [-0.3, -0.25) is 0 Å². The third-order valence-electron chi connectivity index (χ3n) is 3.89. The molecule has 150 valence electrons. The third-order valence-corrected chi connectivity index (χ3v) is 4.93. The molecule has 0 saturated carbocycles. The number of rotatable bonds is 8. The number of nitrogens with zero attached hydrogens (tertiary/aromatic N) is 3. The van der Waals surface area contributed by atoms with Gasteiger partial charge in [0.05, 0.1) is 31.5 Å². The molecule has 0 unspecified atom stereocenters. The van der Waals surface area contributed by atoms with Crippen LogP contribution in [0.1, 0.15) is 30.1 Å². The normalized spacial score (nSPS) is 10.9. The molecular weight excluding hydrogens is 475 g/mol. The molecule has 0 fully saturated rings. The molecule has 2 aromatic rings. The van der Waals surface area contributed by atoms with E-state index in [1.54, 1.807) is 25.6 Å². The molecule has 0 radical (unpaired) electrons. The van der Waals surface area contributed by atoms with Crippen molar-refractivity contribution in [2.75, 3.05) is 27.8 Å². The number of thiazole rings is 1. The first-order valence-corrected chi connectivity index (χ1v) is 9.62. The van der Waals surface area contributed by atoms with Crippen LogP contribution in [-0.2, 0) is 19.5 Å². The van der Waals surface area contributed by atoms with Crippen LogP contribution in [0.15, 0.2) is 28.6 Å². The van der Waals surface area contributed by atoms with E-state index in [9.17, 15) is 0 Å². The Morgan fingerprint density at radius 2 is 2.04 bits per heavy atom. The number of aromatic nitrogens is 1. The highest BCUT2D eigenvalue weighted by Gasteiger charge is 2.11. The Balaban J connectivity index is 0.00000364. The number of methoxy groups -OCH3 is 2. The zero-order chi connectivity index (χ0) is 18.9. The quantitative estimate of drug-likeness (QED) is 0.336. The number of aliphatic imine (C=N–C) groups is 1. The summed E-state index contributed by atoms with van der Waals surface area (Å²) in [5.41, 5.74) is 2.08. The van der Waals surface area contributed by atoms with Gasteiger partial charge in [-0.1, -0.05) is 6.92 Å². The maximum Gasteiger partial charge on any atom is 0.194 e. The van der Waals surface area contributed by atoms with E-state index in [4.69, 9.17) is 14.5 Å². The second kappa shape index (κ2) is 12.0. The van der Waals surface area contributed by atoms with Crippen LogP contribution < -0.4 is 14.8 Å². The molecule has 0 spiro atoms. The molecule has 8 heteroatoms. The lowest BCUT2D eigenvalue weighted by Crippen LogP contribution is -2.38. The average Bonchev–Trinajstić information content (AvgIpc) is 3.13. The smallest absolute Gasteiger partial charge is 0.194 e. The van der Waals surface area contributed by atoms with E-state index in [1.807, 2.05) is 25.2 Å². The molecule has 0 amide bonds. The van der Waals surface area contributed by atoms with E-state index in [1.165, 1.54) is 0 Å². The van der Waals surface area contributed by atoms with Crippen molar-refractivity contribution in [3.8, 4) is 11.5 Å². The van der Waals surface area contributed by atoms with Crippen molar-refractivity contribution < 1.29 is 9.47 Å². The van der Waals surface area contributed by atoms with Crippen LogP contribution in [0, 0.1) is 0 Å². The van der Waals surface area contributed by atoms with Gasteiger partial charge in [0.25, 0.3) is 0 Å². The lowest BCUT2D eigenvalue weighted by Gasteiger charge is -2.23. The minimum Gasteiger partial charge on any atom is -0.497 e. The average molecular weight is 504 g/mol. The van der Waals surface area contributed by atoms with Gasteiger partial charge < -0.3 is 19.7 Å². The predicted octanol–water partition coefficient (Wildman–Crippen LogP) is 3.94. The molecule has 27 heavy (non-hydrogen) atoms. The van der Waals surface area contributed by atoms with Gasteiger partial charge in [-0.25, -0.2) is 9.98 Å². The van der Waals surface area contributed by atoms with Crippen LogP contribution in [0.4, 0.5) is 0 Å². The molecule has 1 aromatic heterocycles. The fourth-order valence-corrected chi connectivity index (χ4v) is 3.26. The van der Waals surface area contributed by atoms with E-state index in [2.05, 4.69) is 34.4 Å². The van der Waals surface area contributed by atoms with Crippen molar-refractivity contribution in [1.29, 1.82) is 0 Å². The number of nitrogens with one attached hydrogen (secondary N) is 1. The Labute approximate surface area is 183 Å². The number of ether oxygens (including phenoxy) is 2. The van der Waals surface area contributed by atoms with E-state index in [0.29, 0.717) is 13.1 Å². The summed E-state index contributed by atoms with van der Waals surface area (Å²) in [7, 11) is 5.34. The Morgan fingerprint density at radius 3 is 2.63 bits per heavy atom. The van der Waals surface area contributed by atoms with Crippen molar-refractivity contribution in [2.45, 2.75) is 33.4 Å². The van der Waals surface area contributed by atoms with Crippen LogP contribution in [0.25, 0.3) is 0 Å². The first-order valence-electron chi connectivity index (χ1n) is 8.74. The Hall–Kier alpha value is -1.55. The van der Waals surface area contributed by atoms with Crippen LogP contribution in [0.2, 0.25) is 0 Å². The Bertz CT molecular complexity index is 736. The van der Waals surface area contributed by atoms with Gasteiger partial charge in [0.15, 0.2) is 5.96 Å². The highest BCUT2D eigenvalue weighted by atomic mass is 127. The summed E-state index contributed by atoms with van der Waals surface area (Å²) >= 11 is 1.69. The van der Waals surface area contributed by atoms with Gasteiger partial charge in [-0.15, -0.1) is 35.3 Å². The van der Waals surface area contributed by atoms with Crippen molar-refractivity contribution in [2.24, 2.45) is 4.99 Å². The molecule has 0 aliphatic rings. The Kier molecular flexibility index (Phi) is 10.5. The number of aryl methyl sites for hydroxylation is 1. The Morgan fingerprint density at radius 1 is 1.26 bits per heavy atom. The first kappa shape index (κ1) is 23.5. The summed E-state index contributed by atoms with van der Waals surface area (Å²) in [6.45, 7) is 6.24. The summed E-state index contributed by atoms with van der Waals surface area (Å²) in [6.07, 6.45) is 0.964. The molecule has 0 aliphatic heterocycles. The lowest BCUT2D eigenvalue weighted by molar-refractivity contribution is 0.382. The SMILES string of the molecule is CCNC(=NCc1csc(CC)n1)N(C)Cc1ccc(OC)cc1OC.I. The maximum absolute atomic E-state index is 5.50. The summed E-state index contributed by atoms with van der Waals surface area (Å²) in [4.78, 5) is 11.4. The molecule has 1 N–H and O–H groups in total. The van der Waals surface area contributed by atoms with Crippen LogP contribution in [-0.4, -0.2) is 43.7 Å². The second-order valence-electron chi connectivity index (χ2n) is 5.79. The van der Waals surface area contributed by atoms with Gasteiger partial charge in [-0.05, 0) is 25.5 Å². The minimum absolute atomic E-state index is 0. The zero-order valence-corrected chi connectivity index (χ0v) is 19.8. The maximum atomic E-state index is 5.50. The van der Waals surface area contributed by atoms with Gasteiger partial charge in [0.2, 0.25) is 0 Å². The van der Waals surface area contributed by atoms with Crippen molar-refractivity contribution in [3.63, 3.8) is 0 Å². The molecule has 2 rings (SSSR count). The summed E-state index contributed by atoms with van der Waals surface area (Å²) in [5, 5.41) is 6.57. The van der Waals surface area contributed by atoms with Gasteiger partial charge in [-0.2, -0.15) is 0 Å². The fourth-order valence-electron chi connectivity index (χ4n) is 2.52. The van der Waals surface area contributed by atoms with E-state index in [0.717, 1.165) is 46.7 Å². The van der Waals surface area contributed by atoms with Gasteiger partial charge in [0, 0.05) is 37.1 Å². The first-order chi connectivity index (χ1) is 12.6. The number of benzene rings is 1. The molecule has 0 aliphatic carbocycles. The van der Waals surface area contributed by atoms with Gasteiger partial charge >= 0.3 is 0 Å². The topological polar surface area (TPSA) is 59.0 Å². The summed E-state index contributed by atoms with van der Waals surface area (Å²) in [6, 6.07) is 5.86. The molecule has 1 heterocycles. The number of hydrogen-bond acceptors (Lipinski definition) is 5.